The van der Waals surface area contributed by atoms with E-state index >= 15 is 0 Å². The van der Waals surface area contributed by atoms with Crippen LogP contribution in [0, 0.1) is 0 Å². The molecule has 0 unspecified atom stereocenters. The first-order valence-electron chi connectivity index (χ1n) is 5.81. The second-order valence-corrected chi connectivity index (χ2v) is 3.89. The molecule has 0 saturated carbocycles. The Bertz CT molecular complexity index is 216. The predicted octanol–water partition coefficient (Wildman–Crippen LogP) is -2.44. The Kier molecular flexibility index (Phi) is 9.85. The summed E-state index contributed by atoms with van der Waals surface area (Å²) in [5, 5.41) is 48.9. The van der Waals surface area contributed by atoms with E-state index in [-0.39, 0.29) is 6.54 Å². The minimum absolute atomic E-state index is 0.0600. The molecule has 6 N–H and O–H groups in total. The molecular formula is C11H23NO6. The van der Waals surface area contributed by atoms with Crippen LogP contribution in [0.25, 0.3) is 0 Å². The maximum absolute atomic E-state index is 9.52. The van der Waals surface area contributed by atoms with Crippen molar-refractivity contribution in [2.24, 2.45) is 0 Å². The van der Waals surface area contributed by atoms with E-state index in [9.17, 15) is 15.3 Å². The number of aliphatic hydroxyl groups excluding tert-OH is 5. The normalized spacial score (nSPS) is 17.8. The Morgan fingerprint density at radius 1 is 1.11 bits per heavy atom. The Morgan fingerprint density at radius 2 is 1.72 bits per heavy atom. The van der Waals surface area contributed by atoms with E-state index in [1.54, 1.807) is 0 Å². The maximum atomic E-state index is 9.52. The predicted molar refractivity (Wildman–Crippen MR) is 64.7 cm³/mol. The quantitative estimate of drug-likeness (QED) is 0.181. The van der Waals surface area contributed by atoms with Crippen molar-refractivity contribution in [3.05, 3.63) is 12.8 Å². The summed E-state index contributed by atoms with van der Waals surface area (Å²) >= 11 is 0. The monoisotopic (exact) mass is 265 g/mol. The molecule has 18 heavy (non-hydrogen) atoms. The highest BCUT2D eigenvalue weighted by molar-refractivity contribution is 4.81. The lowest BCUT2D eigenvalue weighted by Gasteiger charge is -2.25. The molecule has 0 rings (SSSR count). The molecule has 0 heterocycles. The van der Waals surface area contributed by atoms with E-state index in [1.165, 1.54) is 6.26 Å². The lowest BCUT2D eigenvalue weighted by atomic mass is 10.0. The summed E-state index contributed by atoms with van der Waals surface area (Å²) in [6.45, 7) is 3.83. The SMILES string of the molecule is C=COCCCNC[C@H](O)[C@@H](O)[C@H](O)[C@H](O)CO. The number of hydrogen-bond donors (Lipinski definition) is 6. The van der Waals surface area contributed by atoms with Crippen LogP contribution < -0.4 is 5.32 Å². The molecule has 0 amide bonds. The minimum atomic E-state index is -1.59. The van der Waals surface area contributed by atoms with Gasteiger partial charge >= 0.3 is 0 Å². The van der Waals surface area contributed by atoms with Gasteiger partial charge in [-0.3, -0.25) is 0 Å². The molecule has 108 valence electrons. The average Bonchev–Trinajstić information content (AvgIpc) is 2.39. The number of rotatable bonds is 11. The van der Waals surface area contributed by atoms with Gasteiger partial charge in [0.15, 0.2) is 0 Å². The fraction of sp³-hybridized carbons (Fsp3) is 0.818. The first-order chi connectivity index (χ1) is 8.54. The summed E-state index contributed by atoms with van der Waals surface area (Å²) in [5.41, 5.74) is 0. The van der Waals surface area contributed by atoms with Crippen LogP contribution in [-0.4, -0.2) is 76.3 Å². The highest BCUT2D eigenvalue weighted by atomic mass is 16.5. The summed E-state index contributed by atoms with van der Waals surface area (Å²) in [6, 6.07) is 0. The van der Waals surface area contributed by atoms with Crippen molar-refractivity contribution in [3.8, 4) is 0 Å². The third-order valence-electron chi connectivity index (χ3n) is 2.41. The Morgan fingerprint density at radius 3 is 2.28 bits per heavy atom. The molecule has 0 aliphatic heterocycles. The van der Waals surface area contributed by atoms with Gasteiger partial charge in [-0.2, -0.15) is 0 Å². The second kappa shape index (κ2) is 10.2. The van der Waals surface area contributed by atoms with Crippen LogP contribution in [0.5, 0.6) is 0 Å². The Balaban J connectivity index is 3.73. The molecule has 0 aromatic rings. The summed E-state index contributed by atoms with van der Waals surface area (Å²) in [5.74, 6) is 0. The van der Waals surface area contributed by atoms with E-state index < -0.39 is 31.0 Å². The lowest BCUT2D eigenvalue weighted by Crippen LogP contribution is -2.49. The van der Waals surface area contributed by atoms with Gasteiger partial charge in [0.25, 0.3) is 0 Å². The van der Waals surface area contributed by atoms with Gasteiger partial charge in [0, 0.05) is 6.54 Å². The first kappa shape index (κ1) is 17.3. The van der Waals surface area contributed by atoms with E-state index in [1.807, 2.05) is 0 Å². The standard InChI is InChI=1S/C11H23NO6/c1-2-18-5-3-4-12-6-8(14)10(16)11(17)9(15)7-13/h2,8-17H,1,3-7H2/t8-,9+,10+,11+/m0/s1. The summed E-state index contributed by atoms with van der Waals surface area (Å²) < 4.78 is 4.88. The molecule has 0 aromatic heterocycles. The lowest BCUT2D eigenvalue weighted by molar-refractivity contribution is -0.113. The van der Waals surface area contributed by atoms with Gasteiger partial charge in [0.1, 0.15) is 18.3 Å². The fourth-order valence-electron chi connectivity index (χ4n) is 1.30. The molecule has 7 nitrogen and oxygen atoms in total. The smallest absolute Gasteiger partial charge is 0.111 e. The van der Waals surface area contributed by atoms with Crippen LogP contribution in [0.1, 0.15) is 6.42 Å². The maximum Gasteiger partial charge on any atom is 0.111 e. The molecule has 0 aliphatic rings. The van der Waals surface area contributed by atoms with Crippen LogP contribution in [0.4, 0.5) is 0 Å². The molecule has 7 heteroatoms. The zero-order valence-electron chi connectivity index (χ0n) is 10.3. The molecule has 0 spiro atoms. The fourth-order valence-corrected chi connectivity index (χ4v) is 1.30. The summed E-state index contributed by atoms with van der Waals surface area (Å²) in [7, 11) is 0. The molecule has 0 saturated heterocycles. The number of nitrogens with one attached hydrogen (secondary N) is 1. The van der Waals surface area contributed by atoms with Crippen molar-refractivity contribution < 1.29 is 30.3 Å². The molecule has 4 atom stereocenters. The molecule has 0 aliphatic carbocycles. The Labute approximate surface area is 106 Å². The highest BCUT2D eigenvalue weighted by Gasteiger charge is 2.29. The highest BCUT2D eigenvalue weighted by Crippen LogP contribution is 2.04. The zero-order chi connectivity index (χ0) is 14.0. The van der Waals surface area contributed by atoms with Gasteiger partial charge in [-0.15, -0.1) is 0 Å². The van der Waals surface area contributed by atoms with Crippen molar-refractivity contribution in [3.63, 3.8) is 0 Å². The molecule has 0 radical (unpaired) electrons. The van der Waals surface area contributed by atoms with Gasteiger partial charge < -0.3 is 35.6 Å². The zero-order valence-corrected chi connectivity index (χ0v) is 10.3. The van der Waals surface area contributed by atoms with Crippen LogP contribution in [0.2, 0.25) is 0 Å². The topological polar surface area (TPSA) is 122 Å². The van der Waals surface area contributed by atoms with Crippen molar-refractivity contribution in [1.82, 2.24) is 5.32 Å². The van der Waals surface area contributed by atoms with Gasteiger partial charge in [0.05, 0.1) is 25.6 Å². The average molecular weight is 265 g/mol. The largest absolute Gasteiger partial charge is 0.502 e. The van der Waals surface area contributed by atoms with E-state index in [4.69, 9.17) is 14.9 Å². The van der Waals surface area contributed by atoms with Gasteiger partial charge in [-0.1, -0.05) is 6.58 Å². The van der Waals surface area contributed by atoms with Crippen molar-refractivity contribution in [1.29, 1.82) is 0 Å². The van der Waals surface area contributed by atoms with Crippen LogP contribution in [-0.2, 0) is 4.74 Å². The number of aliphatic hydroxyl groups is 5. The Hall–Kier alpha value is -0.700. The summed E-state index contributed by atoms with van der Waals surface area (Å²) in [4.78, 5) is 0. The summed E-state index contributed by atoms with van der Waals surface area (Å²) in [6.07, 6.45) is -3.78. The van der Waals surface area contributed by atoms with Gasteiger partial charge in [0.2, 0.25) is 0 Å². The van der Waals surface area contributed by atoms with Crippen LogP contribution in [0.15, 0.2) is 12.8 Å². The number of ether oxygens (including phenoxy) is 1. The van der Waals surface area contributed by atoms with Crippen molar-refractivity contribution in [2.45, 2.75) is 30.8 Å². The molecule has 0 bridgehead atoms. The second-order valence-electron chi connectivity index (χ2n) is 3.89. The van der Waals surface area contributed by atoms with E-state index in [0.29, 0.717) is 19.6 Å². The third kappa shape index (κ3) is 6.90. The van der Waals surface area contributed by atoms with Crippen LogP contribution in [0.3, 0.4) is 0 Å². The van der Waals surface area contributed by atoms with Gasteiger partial charge in [-0.25, -0.2) is 0 Å². The molecular weight excluding hydrogens is 242 g/mol. The minimum Gasteiger partial charge on any atom is -0.502 e. The van der Waals surface area contributed by atoms with Crippen molar-refractivity contribution in [2.75, 3.05) is 26.3 Å². The van der Waals surface area contributed by atoms with Crippen molar-refractivity contribution >= 4 is 0 Å². The first-order valence-corrected chi connectivity index (χ1v) is 5.81. The number of hydrogen-bond acceptors (Lipinski definition) is 7. The van der Waals surface area contributed by atoms with Gasteiger partial charge in [-0.05, 0) is 13.0 Å². The van der Waals surface area contributed by atoms with E-state index in [2.05, 4.69) is 11.9 Å². The molecule has 0 aromatic carbocycles. The van der Waals surface area contributed by atoms with Crippen LogP contribution >= 0.6 is 0 Å². The third-order valence-corrected chi connectivity index (χ3v) is 2.41. The van der Waals surface area contributed by atoms with E-state index in [0.717, 1.165) is 0 Å². The molecule has 0 fully saturated rings.